The lowest BCUT2D eigenvalue weighted by molar-refractivity contribution is 0.100. The number of nitrogen functional groups attached to an aromatic ring is 1. The average Bonchev–Trinajstić information content (AvgIpc) is 2.16. The van der Waals surface area contributed by atoms with E-state index in [0.29, 0.717) is 5.56 Å². The van der Waals surface area contributed by atoms with Crippen molar-refractivity contribution in [2.75, 3.05) is 12.3 Å². The van der Waals surface area contributed by atoms with E-state index in [0.717, 1.165) is 30.8 Å². The predicted molar refractivity (Wildman–Crippen MR) is 52.6 cm³/mol. The summed E-state index contributed by atoms with van der Waals surface area (Å²) in [7, 11) is 0. The molecule has 0 saturated carbocycles. The third-order valence-electron chi connectivity index (χ3n) is 2.34. The lowest BCUT2D eigenvalue weighted by Crippen LogP contribution is -2.26. The van der Waals surface area contributed by atoms with Crippen LogP contribution < -0.4 is 16.8 Å². The molecule has 2 heterocycles. The molecule has 1 aliphatic heterocycles. The maximum atomic E-state index is 11.0. The van der Waals surface area contributed by atoms with Crippen LogP contribution in [0.4, 0.5) is 5.82 Å². The van der Waals surface area contributed by atoms with E-state index < -0.39 is 5.91 Å². The molecule has 1 aromatic heterocycles. The molecule has 1 aromatic rings. The highest BCUT2D eigenvalue weighted by Crippen LogP contribution is 2.17. The number of hydrogen-bond acceptors (Lipinski definition) is 4. The zero-order valence-electron chi connectivity index (χ0n) is 7.71. The largest absolute Gasteiger partial charge is 0.383 e. The third kappa shape index (κ3) is 1.42. The predicted octanol–water partition coefficient (Wildman–Crippen LogP) is -0.592. The molecule has 0 radical (unpaired) electrons. The van der Waals surface area contributed by atoms with E-state index in [1.807, 2.05) is 0 Å². The molecule has 14 heavy (non-hydrogen) atoms. The minimum absolute atomic E-state index is 0.234. The minimum atomic E-state index is -0.525. The van der Waals surface area contributed by atoms with Crippen molar-refractivity contribution in [1.29, 1.82) is 0 Å². The van der Waals surface area contributed by atoms with Crippen LogP contribution in [-0.2, 0) is 13.0 Å². The zero-order chi connectivity index (χ0) is 10.1. The zero-order valence-corrected chi connectivity index (χ0v) is 7.71. The molecule has 5 N–H and O–H groups in total. The highest BCUT2D eigenvalue weighted by atomic mass is 16.1. The summed E-state index contributed by atoms with van der Waals surface area (Å²) in [5.41, 5.74) is 13.1. The molecule has 0 aromatic carbocycles. The molecular weight excluding hydrogens is 180 g/mol. The standard InChI is InChI=1S/C9H12N4O/c10-8-6(9(11)14)3-5-4-12-2-1-7(5)13-8/h3,12H,1-2,4H2,(H2,10,13)(H2,11,14). The fourth-order valence-corrected chi connectivity index (χ4v) is 1.61. The lowest BCUT2D eigenvalue weighted by atomic mass is 10.0. The Morgan fingerprint density at radius 3 is 3.07 bits per heavy atom. The number of nitrogens with zero attached hydrogens (tertiary/aromatic N) is 1. The summed E-state index contributed by atoms with van der Waals surface area (Å²) in [6.45, 7) is 1.62. The van der Waals surface area contributed by atoms with Crippen LogP contribution in [0.25, 0.3) is 0 Å². The summed E-state index contributed by atoms with van der Waals surface area (Å²) >= 11 is 0. The van der Waals surface area contributed by atoms with E-state index in [9.17, 15) is 4.79 Å². The maximum absolute atomic E-state index is 11.0. The van der Waals surface area contributed by atoms with Crippen LogP contribution in [0.15, 0.2) is 6.07 Å². The van der Waals surface area contributed by atoms with E-state index in [1.165, 1.54) is 0 Å². The van der Waals surface area contributed by atoms with Gasteiger partial charge in [0.05, 0.1) is 5.56 Å². The second-order valence-electron chi connectivity index (χ2n) is 3.32. The van der Waals surface area contributed by atoms with Crippen molar-refractivity contribution in [1.82, 2.24) is 10.3 Å². The molecule has 0 aliphatic carbocycles. The van der Waals surface area contributed by atoms with E-state index in [-0.39, 0.29) is 5.82 Å². The van der Waals surface area contributed by atoms with Gasteiger partial charge in [-0.1, -0.05) is 0 Å². The van der Waals surface area contributed by atoms with Gasteiger partial charge in [0.15, 0.2) is 0 Å². The van der Waals surface area contributed by atoms with E-state index in [1.54, 1.807) is 6.07 Å². The molecule has 1 amide bonds. The second kappa shape index (κ2) is 3.26. The molecule has 5 nitrogen and oxygen atoms in total. The van der Waals surface area contributed by atoms with Crippen molar-refractivity contribution in [3.63, 3.8) is 0 Å². The molecule has 0 saturated heterocycles. The van der Waals surface area contributed by atoms with Crippen LogP contribution in [0.3, 0.4) is 0 Å². The Bertz CT molecular complexity index is 389. The van der Waals surface area contributed by atoms with E-state index in [4.69, 9.17) is 11.5 Å². The molecule has 0 unspecified atom stereocenters. The van der Waals surface area contributed by atoms with Gasteiger partial charge < -0.3 is 16.8 Å². The first-order valence-electron chi connectivity index (χ1n) is 4.47. The van der Waals surface area contributed by atoms with Crippen LogP contribution in [0.1, 0.15) is 21.6 Å². The molecule has 2 rings (SSSR count). The van der Waals surface area contributed by atoms with Gasteiger partial charge in [0, 0.05) is 25.2 Å². The highest BCUT2D eigenvalue weighted by Gasteiger charge is 2.15. The summed E-state index contributed by atoms with van der Waals surface area (Å²) in [4.78, 5) is 15.2. The summed E-state index contributed by atoms with van der Waals surface area (Å²) in [6.07, 6.45) is 0.846. The fraction of sp³-hybridized carbons (Fsp3) is 0.333. The number of nitrogens with one attached hydrogen (secondary N) is 1. The van der Waals surface area contributed by atoms with E-state index >= 15 is 0 Å². The SMILES string of the molecule is NC(=O)c1cc2c(nc1N)CCNC2. The Kier molecular flexibility index (Phi) is 2.09. The summed E-state index contributed by atoms with van der Waals surface area (Å²) in [5, 5.41) is 3.19. The number of hydrogen-bond donors (Lipinski definition) is 3. The number of nitrogens with two attached hydrogens (primary N) is 2. The average molecular weight is 192 g/mol. The van der Waals surface area contributed by atoms with Gasteiger partial charge in [-0.15, -0.1) is 0 Å². The van der Waals surface area contributed by atoms with Gasteiger partial charge >= 0.3 is 0 Å². The highest BCUT2D eigenvalue weighted by molar-refractivity contribution is 5.97. The van der Waals surface area contributed by atoms with Crippen molar-refractivity contribution >= 4 is 11.7 Å². The Labute approximate surface area is 81.5 Å². The van der Waals surface area contributed by atoms with E-state index in [2.05, 4.69) is 10.3 Å². The monoisotopic (exact) mass is 192 g/mol. The van der Waals surface area contributed by atoms with Crippen molar-refractivity contribution in [2.24, 2.45) is 5.73 Å². The Hall–Kier alpha value is -1.62. The molecule has 0 bridgehead atoms. The topological polar surface area (TPSA) is 94.0 Å². The molecule has 0 atom stereocenters. The van der Waals surface area contributed by atoms with Gasteiger partial charge in [-0.25, -0.2) is 4.98 Å². The minimum Gasteiger partial charge on any atom is -0.383 e. The number of primary amides is 1. The maximum Gasteiger partial charge on any atom is 0.252 e. The van der Waals surface area contributed by atoms with Gasteiger partial charge in [-0.2, -0.15) is 0 Å². The number of carbonyl (C=O) groups is 1. The molecule has 5 heteroatoms. The van der Waals surface area contributed by atoms with Gasteiger partial charge in [0.1, 0.15) is 5.82 Å². The van der Waals surface area contributed by atoms with Crippen LogP contribution in [0, 0.1) is 0 Å². The van der Waals surface area contributed by atoms with Crippen molar-refractivity contribution in [3.05, 3.63) is 22.9 Å². The number of aromatic nitrogens is 1. The first-order chi connectivity index (χ1) is 6.68. The summed E-state index contributed by atoms with van der Waals surface area (Å²) in [5.74, 6) is -0.290. The Morgan fingerprint density at radius 1 is 1.57 bits per heavy atom. The van der Waals surface area contributed by atoms with Gasteiger partial charge in [-0.3, -0.25) is 4.79 Å². The molecule has 1 aliphatic rings. The Morgan fingerprint density at radius 2 is 2.36 bits per heavy atom. The first kappa shape index (κ1) is 8.96. The Balaban J connectivity index is 2.50. The fourth-order valence-electron chi connectivity index (χ4n) is 1.61. The normalized spacial score (nSPS) is 14.9. The number of fused-ring (bicyclic) bond motifs is 1. The summed E-state index contributed by atoms with van der Waals surface area (Å²) in [6, 6.07) is 1.73. The lowest BCUT2D eigenvalue weighted by Gasteiger charge is -2.17. The van der Waals surface area contributed by atoms with Crippen LogP contribution in [0.2, 0.25) is 0 Å². The molecule has 74 valence electrons. The number of carbonyl (C=O) groups excluding carboxylic acids is 1. The number of rotatable bonds is 1. The van der Waals surface area contributed by atoms with Crippen molar-refractivity contribution < 1.29 is 4.79 Å². The molecular formula is C9H12N4O. The molecule has 0 spiro atoms. The van der Waals surface area contributed by atoms with Crippen LogP contribution >= 0.6 is 0 Å². The van der Waals surface area contributed by atoms with Gasteiger partial charge in [0.2, 0.25) is 0 Å². The second-order valence-corrected chi connectivity index (χ2v) is 3.32. The number of pyridine rings is 1. The summed E-state index contributed by atoms with van der Waals surface area (Å²) < 4.78 is 0. The van der Waals surface area contributed by atoms with Gasteiger partial charge in [0.25, 0.3) is 5.91 Å². The number of amides is 1. The molecule has 0 fully saturated rings. The quantitative estimate of drug-likeness (QED) is 0.554. The first-order valence-corrected chi connectivity index (χ1v) is 4.47. The van der Waals surface area contributed by atoms with Crippen molar-refractivity contribution in [3.8, 4) is 0 Å². The number of anilines is 1. The van der Waals surface area contributed by atoms with Crippen LogP contribution in [0.5, 0.6) is 0 Å². The smallest absolute Gasteiger partial charge is 0.252 e. The third-order valence-corrected chi connectivity index (χ3v) is 2.34. The van der Waals surface area contributed by atoms with Crippen molar-refractivity contribution in [2.45, 2.75) is 13.0 Å². The van der Waals surface area contributed by atoms with Gasteiger partial charge in [-0.05, 0) is 11.6 Å². The van der Waals surface area contributed by atoms with Crippen LogP contribution in [-0.4, -0.2) is 17.4 Å².